The lowest BCUT2D eigenvalue weighted by Crippen LogP contribution is -2.46. The molecule has 0 aromatic heterocycles. The minimum Gasteiger partial charge on any atom is -0.347 e. The third-order valence-electron chi connectivity index (χ3n) is 5.04. The highest BCUT2D eigenvalue weighted by atomic mass is 16.2. The maximum atomic E-state index is 12.7. The summed E-state index contributed by atoms with van der Waals surface area (Å²) in [5.74, 6) is -0.478. The van der Waals surface area contributed by atoms with Crippen molar-refractivity contribution in [3.05, 3.63) is 29.8 Å². The second-order valence-electron chi connectivity index (χ2n) is 7.72. The standard InChI is InChI=1S/C21H32N4O3/c1-5-6-10-18(21(28)24(2)3)23-19(26)15-8-7-9-17(13-15)22-20(27)16-11-12-25(4)14-16/h7-9,13,16,18H,5-6,10-12,14H2,1-4H3,(H,22,27)(H,23,26)/t16-,18?/m0/s1. The zero-order valence-corrected chi connectivity index (χ0v) is 17.3. The van der Waals surface area contributed by atoms with Crippen molar-refractivity contribution in [2.75, 3.05) is 39.5 Å². The number of anilines is 1. The molecule has 0 radical (unpaired) electrons. The quantitative estimate of drug-likeness (QED) is 0.713. The van der Waals surface area contributed by atoms with Crippen LogP contribution in [0.15, 0.2) is 24.3 Å². The Morgan fingerprint density at radius 1 is 1.29 bits per heavy atom. The van der Waals surface area contributed by atoms with Gasteiger partial charge in [-0.3, -0.25) is 14.4 Å². The van der Waals surface area contributed by atoms with Gasteiger partial charge in [0, 0.05) is 31.9 Å². The van der Waals surface area contributed by atoms with Gasteiger partial charge in [-0.25, -0.2) is 0 Å². The number of carbonyl (C=O) groups is 3. The fraction of sp³-hybridized carbons (Fsp3) is 0.571. The van der Waals surface area contributed by atoms with E-state index in [0.29, 0.717) is 17.7 Å². The van der Waals surface area contributed by atoms with Gasteiger partial charge in [-0.2, -0.15) is 0 Å². The van der Waals surface area contributed by atoms with Crippen LogP contribution in [0.2, 0.25) is 0 Å². The van der Waals surface area contributed by atoms with Gasteiger partial charge < -0.3 is 20.4 Å². The fourth-order valence-corrected chi connectivity index (χ4v) is 3.35. The first kappa shape index (κ1) is 21.9. The summed E-state index contributed by atoms with van der Waals surface area (Å²) in [5.41, 5.74) is 1.02. The van der Waals surface area contributed by atoms with Crippen LogP contribution in [0.25, 0.3) is 0 Å². The number of likely N-dealkylation sites (tertiary alicyclic amines) is 1. The van der Waals surface area contributed by atoms with E-state index in [2.05, 4.69) is 15.5 Å². The summed E-state index contributed by atoms with van der Waals surface area (Å²) >= 11 is 0. The molecule has 1 heterocycles. The van der Waals surface area contributed by atoms with E-state index in [1.165, 1.54) is 4.90 Å². The molecule has 1 saturated heterocycles. The van der Waals surface area contributed by atoms with Crippen molar-refractivity contribution in [3.63, 3.8) is 0 Å². The lowest BCUT2D eigenvalue weighted by atomic mass is 10.1. The largest absolute Gasteiger partial charge is 0.347 e. The van der Waals surface area contributed by atoms with Crippen LogP contribution < -0.4 is 10.6 Å². The summed E-state index contributed by atoms with van der Waals surface area (Å²) in [5, 5.41) is 5.75. The van der Waals surface area contributed by atoms with Crippen LogP contribution in [-0.4, -0.2) is 67.8 Å². The smallest absolute Gasteiger partial charge is 0.252 e. The van der Waals surface area contributed by atoms with Gasteiger partial charge in [-0.15, -0.1) is 0 Å². The molecule has 2 rings (SSSR count). The molecule has 1 aromatic carbocycles. The Bertz CT molecular complexity index is 705. The minimum absolute atomic E-state index is 0.0227. The SMILES string of the molecule is CCCCC(NC(=O)c1cccc(NC(=O)[C@H]2CCN(C)C2)c1)C(=O)N(C)C. The number of hydrogen-bond acceptors (Lipinski definition) is 4. The van der Waals surface area contributed by atoms with E-state index < -0.39 is 6.04 Å². The van der Waals surface area contributed by atoms with Gasteiger partial charge in [-0.1, -0.05) is 25.8 Å². The molecular formula is C21H32N4O3. The first-order valence-corrected chi connectivity index (χ1v) is 9.93. The summed E-state index contributed by atoms with van der Waals surface area (Å²) in [6.45, 7) is 3.71. The maximum Gasteiger partial charge on any atom is 0.252 e. The van der Waals surface area contributed by atoms with E-state index in [1.54, 1.807) is 38.4 Å². The molecule has 1 aliphatic rings. The molecule has 154 valence electrons. The van der Waals surface area contributed by atoms with Crippen LogP contribution in [0.3, 0.4) is 0 Å². The highest BCUT2D eigenvalue weighted by Crippen LogP contribution is 2.18. The van der Waals surface area contributed by atoms with Gasteiger partial charge >= 0.3 is 0 Å². The Morgan fingerprint density at radius 2 is 2.04 bits per heavy atom. The Hall–Kier alpha value is -2.41. The molecule has 1 aromatic rings. The number of amides is 3. The van der Waals surface area contributed by atoms with E-state index in [4.69, 9.17) is 0 Å². The number of unbranched alkanes of at least 4 members (excludes halogenated alkanes) is 1. The van der Waals surface area contributed by atoms with Crippen LogP contribution in [-0.2, 0) is 9.59 Å². The minimum atomic E-state index is -0.547. The summed E-state index contributed by atoms with van der Waals surface area (Å²) in [4.78, 5) is 41.1. The second-order valence-corrected chi connectivity index (χ2v) is 7.72. The van der Waals surface area contributed by atoms with Crippen molar-refractivity contribution in [2.45, 2.75) is 38.6 Å². The van der Waals surface area contributed by atoms with E-state index in [9.17, 15) is 14.4 Å². The van der Waals surface area contributed by atoms with Gasteiger partial charge in [0.1, 0.15) is 6.04 Å². The molecule has 7 nitrogen and oxygen atoms in total. The number of benzene rings is 1. The second kappa shape index (κ2) is 10.2. The summed E-state index contributed by atoms with van der Waals surface area (Å²) in [6.07, 6.45) is 3.25. The molecule has 0 spiro atoms. The molecule has 2 atom stereocenters. The van der Waals surface area contributed by atoms with Crippen molar-refractivity contribution in [2.24, 2.45) is 5.92 Å². The molecule has 3 amide bonds. The topological polar surface area (TPSA) is 81.8 Å². The van der Waals surface area contributed by atoms with Gasteiger partial charge in [0.15, 0.2) is 0 Å². The predicted octanol–water partition coefficient (Wildman–Crippen LogP) is 1.95. The average molecular weight is 389 g/mol. The number of rotatable bonds is 8. The zero-order valence-electron chi connectivity index (χ0n) is 17.3. The number of carbonyl (C=O) groups excluding carboxylic acids is 3. The van der Waals surface area contributed by atoms with Crippen molar-refractivity contribution in [1.82, 2.24) is 15.1 Å². The molecule has 0 aliphatic carbocycles. The van der Waals surface area contributed by atoms with Crippen LogP contribution in [0.4, 0.5) is 5.69 Å². The number of nitrogens with zero attached hydrogens (tertiary/aromatic N) is 2. The third kappa shape index (κ3) is 6.05. The molecule has 2 N–H and O–H groups in total. The molecule has 1 aliphatic heterocycles. The maximum absolute atomic E-state index is 12.7. The van der Waals surface area contributed by atoms with E-state index in [0.717, 1.165) is 32.4 Å². The molecule has 28 heavy (non-hydrogen) atoms. The molecule has 1 fully saturated rings. The molecule has 7 heteroatoms. The predicted molar refractivity (Wildman–Crippen MR) is 110 cm³/mol. The molecule has 1 unspecified atom stereocenters. The Kier molecular flexibility index (Phi) is 7.99. The monoisotopic (exact) mass is 388 g/mol. The molecule has 0 saturated carbocycles. The number of hydrogen-bond donors (Lipinski definition) is 2. The highest BCUT2D eigenvalue weighted by Gasteiger charge is 2.26. The number of nitrogens with one attached hydrogen (secondary N) is 2. The van der Waals surface area contributed by atoms with Crippen molar-refractivity contribution < 1.29 is 14.4 Å². The first-order valence-electron chi connectivity index (χ1n) is 9.93. The Labute approximate surface area is 167 Å². The van der Waals surface area contributed by atoms with Gasteiger partial charge in [-0.05, 0) is 44.6 Å². The van der Waals surface area contributed by atoms with E-state index >= 15 is 0 Å². The van der Waals surface area contributed by atoms with Crippen LogP contribution in [0.5, 0.6) is 0 Å². The summed E-state index contributed by atoms with van der Waals surface area (Å²) < 4.78 is 0. The molecule has 0 bridgehead atoms. The number of likely N-dealkylation sites (N-methyl/N-ethyl adjacent to an activating group) is 1. The summed E-state index contributed by atoms with van der Waals surface area (Å²) in [7, 11) is 5.37. The third-order valence-corrected chi connectivity index (χ3v) is 5.04. The van der Waals surface area contributed by atoms with E-state index in [1.807, 2.05) is 14.0 Å². The van der Waals surface area contributed by atoms with Gasteiger partial charge in [0.2, 0.25) is 11.8 Å². The van der Waals surface area contributed by atoms with Crippen molar-refractivity contribution in [1.29, 1.82) is 0 Å². The Balaban J connectivity index is 2.03. The van der Waals surface area contributed by atoms with Crippen LogP contribution >= 0.6 is 0 Å². The van der Waals surface area contributed by atoms with E-state index in [-0.39, 0.29) is 23.6 Å². The van der Waals surface area contributed by atoms with Crippen molar-refractivity contribution in [3.8, 4) is 0 Å². The summed E-state index contributed by atoms with van der Waals surface area (Å²) in [6, 6.07) is 6.30. The fourth-order valence-electron chi connectivity index (χ4n) is 3.35. The normalized spacial score (nSPS) is 17.8. The van der Waals surface area contributed by atoms with Gasteiger partial charge in [0.25, 0.3) is 5.91 Å². The van der Waals surface area contributed by atoms with Crippen molar-refractivity contribution >= 4 is 23.4 Å². The molecular weight excluding hydrogens is 356 g/mol. The highest BCUT2D eigenvalue weighted by molar-refractivity contribution is 5.99. The first-order chi connectivity index (χ1) is 13.3. The lowest BCUT2D eigenvalue weighted by Gasteiger charge is -2.21. The lowest BCUT2D eigenvalue weighted by molar-refractivity contribution is -0.130. The van der Waals surface area contributed by atoms with Gasteiger partial charge in [0.05, 0.1) is 5.92 Å². The van der Waals surface area contributed by atoms with Crippen LogP contribution in [0, 0.1) is 5.92 Å². The Morgan fingerprint density at radius 3 is 2.64 bits per heavy atom. The zero-order chi connectivity index (χ0) is 20.7. The van der Waals surface area contributed by atoms with Crippen LogP contribution in [0.1, 0.15) is 43.0 Å². The average Bonchev–Trinajstić information content (AvgIpc) is 3.11.